The van der Waals surface area contributed by atoms with Crippen LogP contribution in [0.25, 0.3) is 0 Å². The lowest BCUT2D eigenvalue weighted by Gasteiger charge is -2.14. The van der Waals surface area contributed by atoms with Gasteiger partial charge in [-0.15, -0.1) is 0 Å². The molecule has 0 aliphatic rings. The summed E-state index contributed by atoms with van der Waals surface area (Å²) in [5.74, 6) is -2.21. The van der Waals surface area contributed by atoms with Gasteiger partial charge in [-0.25, -0.2) is 14.0 Å². The zero-order chi connectivity index (χ0) is 23.7. The highest BCUT2D eigenvalue weighted by molar-refractivity contribution is 5.98. The van der Waals surface area contributed by atoms with Crippen LogP contribution in [0.1, 0.15) is 17.3 Å². The Bertz CT molecular complexity index is 995. The second-order valence-electron chi connectivity index (χ2n) is 6.33. The van der Waals surface area contributed by atoms with Gasteiger partial charge in [0, 0.05) is 12.7 Å². The number of urea groups is 1. The van der Waals surface area contributed by atoms with E-state index < -0.39 is 35.7 Å². The molecule has 0 radical (unpaired) electrons. The molecule has 2 rings (SSSR count). The van der Waals surface area contributed by atoms with E-state index in [1.54, 1.807) is 0 Å². The van der Waals surface area contributed by atoms with Crippen LogP contribution in [-0.4, -0.2) is 50.7 Å². The number of nitrogens with one attached hydrogen (secondary N) is 3. The van der Waals surface area contributed by atoms with Gasteiger partial charge in [0.1, 0.15) is 5.82 Å². The highest BCUT2D eigenvalue weighted by atomic mass is 19.1. The van der Waals surface area contributed by atoms with Gasteiger partial charge in [-0.2, -0.15) is 0 Å². The first kappa shape index (κ1) is 24.1. The van der Waals surface area contributed by atoms with E-state index in [2.05, 4.69) is 10.6 Å². The summed E-state index contributed by atoms with van der Waals surface area (Å²) in [7, 11) is 2.68. The van der Waals surface area contributed by atoms with Crippen molar-refractivity contribution >= 4 is 29.5 Å². The summed E-state index contributed by atoms with van der Waals surface area (Å²) in [5, 5.41) is 6.75. The second-order valence-corrected chi connectivity index (χ2v) is 6.33. The van der Waals surface area contributed by atoms with Crippen LogP contribution in [0, 0.1) is 5.82 Å². The molecule has 0 aromatic heterocycles. The molecule has 0 fully saturated rings. The number of hydrogen-bond acceptors (Lipinski definition) is 7. The van der Waals surface area contributed by atoms with E-state index in [-0.39, 0.29) is 23.7 Å². The van der Waals surface area contributed by atoms with E-state index >= 15 is 0 Å². The first-order valence-corrected chi connectivity index (χ1v) is 9.33. The van der Waals surface area contributed by atoms with Crippen molar-refractivity contribution in [2.45, 2.75) is 13.0 Å². The Morgan fingerprint density at radius 2 is 1.72 bits per heavy atom. The van der Waals surface area contributed by atoms with Gasteiger partial charge in [-0.05, 0) is 49.4 Å². The number of carbonyl (C=O) groups is 4. The highest BCUT2D eigenvalue weighted by Crippen LogP contribution is 2.28. The minimum absolute atomic E-state index is 0.0598. The Morgan fingerprint density at radius 3 is 2.34 bits per heavy atom. The standard InChI is InChI=1S/C21H22FN3O7/c1-12(19(27)25-21(29)23-2)32-20(28)13-4-9-16(17(10-13)30-3)31-11-18(26)24-15-7-5-14(22)6-8-15/h4-10,12H,11H2,1-3H3,(H,24,26)(H2,23,25,27,29)/t12-/m1/s1. The number of halogens is 1. The molecule has 1 atom stereocenters. The van der Waals surface area contributed by atoms with Crippen LogP contribution in [-0.2, 0) is 14.3 Å². The van der Waals surface area contributed by atoms with Crippen LogP contribution >= 0.6 is 0 Å². The number of amides is 4. The summed E-state index contributed by atoms with van der Waals surface area (Å²) in [6, 6.07) is 8.58. The van der Waals surface area contributed by atoms with Gasteiger partial charge in [0.2, 0.25) is 0 Å². The Labute approximate surface area is 183 Å². The molecule has 0 bridgehead atoms. The van der Waals surface area contributed by atoms with E-state index in [4.69, 9.17) is 14.2 Å². The van der Waals surface area contributed by atoms with Crippen molar-refractivity contribution in [1.82, 2.24) is 10.6 Å². The summed E-state index contributed by atoms with van der Waals surface area (Å²) in [6.45, 7) is 0.943. The molecule has 4 amide bonds. The van der Waals surface area contributed by atoms with Crippen molar-refractivity contribution < 1.29 is 37.8 Å². The van der Waals surface area contributed by atoms with E-state index in [1.165, 1.54) is 63.5 Å². The maximum atomic E-state index is 12.9. The molecule has 2 aromatic rings. The van der Waals surface area contributed by atoms with E-state index in [0.29, 0.717) is 5.69 Å². The fourth-order valence-corrected chi connectivity index (χ4v) is 2.35. The van der Waals surface area contributed by atoms with Gasteiger partial charge in [-0.1, -0.05) is 0 Å². The van der Waals surface area contributed by atoms with Gasteiger partial charge in [0.15, 0.2) is 24.2 Å². The van der Waals surface area contributed by atoms with Crippen molar-refractivity contribution in [3.8, 4) is 11.5 Å². The van der Waals surface area contributed by atoms with Crippen molar-refractivity contribution in [1.29, 1.82) is 0 Å². The number of carbonyl (C=O) groups excluding carboxylic acids is 4. The third-order valence-electron chi connectivity index (χ3n) is 4.00. The first-order valence-electron chi connectivity index (χ1n) is 9.33. The van der Waals surface area contributed by atoms with Gasteiger partial charge < -0.3 is 24.8 Å². The number of methoxy groups -OCH3 is 1. The molecule has 0 unspecified atom stereocenters. The first-order chi connectivity index (χ1) is 15.2. The minimum Gasteiger partial charge on any atom is -0.493 e. The topological polar surface area (TPSA) is 132 Å². The Kier molecular flexibility index (Phi) is 8.52. The maximum absolute atomic E-state index is 12.9. The van der Waals surface area contributed by atoms with Gasteiger partial charge >= 0.3 is 12.0 Å². The fraction of sp³-hybridized carbons (Fsp3) is 0.238. The molecule has 170 valence electrons. The summed E-state index contributed by atoms with van der Waals surface area (Å²) >= 11 is 0. The van der Waals surface area contributed by atoms with Crippen LogP contribution in [0.2, 0.25) is 0 Å². The van der Waals surface area contributed by atoms with Crippen molar-refractivity contribution in [3.63, 3.8) is 0 Å². The number of hydrogen-bond donors (Lipinski definition) is 3. The predicted molar refractivity (Wildman–Crippen MR) is 111 cm³/mol. The maximum Gasteiger partial charge on any atom is 0.339 e. The molecule has 11 heteroatoms. The molecule has 0 saturated carbocycles. The molecule has 0 saturated heterocycles. The molecule has 3 N–H and O–H groups in total. The lowest BCUT2D eigenvalue weighted by Crippen LogP contribution is -2.43. The SMILES string of the molecule is CNC(=O)NC(=O)[C@@H](C)OC(=O)c1ccc(OCC(=O)Nc2ccc(F)cc2)c(OC)c1. The van der Waals surface area contributed by atoms with Crippen LogP contribution in [0.15, 0.2) is 42.5 Å². The van der Waals surface area contributed by atoms with Gasteiger partial charge in [0.05, 0.1) is 12.7 Å². The molecule has 0 spiro atoms. The molecule has 32 heavy (non-hydrogen) atoms. The van der Waals surface area contributed by atoms with Crippen LogP contribution in [0.4, 0.5) is 14.9 Å². The number of benzene rings is 2. The number of esters is 1. The quantitative estimate of drug-likeness (QED) is 0.526. The van der Waals surface area contributed by atoms with Gasteiger partial charge in [-0.3, -0.25) is 14.9 Å². The second kappa shape index (κ2) is 11.3. The lowest BCUT2D eigenvalue weighted by molar-refractivity contribution is -0.127. The monoisotopic (exact) mass is 447 g/mol. The molecule has 10 nitrogen and oxygen atoms in total. The zero-order valence-electron chi connectivity index (χ0n) is 17.6. The highest BCUT2D eigenvalue weighted by Gasteiger charge is 2.21. The average molecular weight is 447 g/mol. The molecular formula is C21H22FN3O7. The molecule has 0 aliphatic carbocycles. The lowest BCUT2D eigenvalue weighted by atomic mass is 10.2. The summed E-state index contributed by atoms with van der Waals surface area (Å²) in [5.41, 5.74) is 0.462. The fourth-order valence-electron chi connectivity index (χ4n) is 2.35. The van der Waals surface area contributed by atoms with Gasteiger partial charge in [0.25, 0.3) is 11.8 Å². The van der Waals surface area contributed by atoms with Crippen molar-refractivity contribution in [2.75, 3.05) is 26.1 Å². The van der Waals surface area contributed by atoms with Crippen molar-refractivity contribution in [2.24, 2.45) is 0 Å². The minimum atomic E-state index is -1.23. The normalized spacial score (nSPS) is 11.0. The Balaban J connectivity index is 1.96. The Morgan fingerprint density at radius 1 is 1.03 bits per heavy atom. The number of ether oxygens (including phenoxy) is 3. The smallest absolute Gasteiger partial charge is 0.339 e. The van der Waals surface area contributed by atoms with E-state index in [9.17, 15) is 23.6 Å². The van der Waals surface area contributed by atoms with Crippen molar-refractivity contribution in [3.05, 3.63) is 53.8 Å². The molecular weight excluding hydrogens is 425 g/mol. The average Bonchev–Trinajstić information content (AvgIpc) is 2.78. The molecule has 0 heterocycles. The summed E-state index contributed by atoms with van der Waals surface area (Å²) in [4.78, 5) is 47.3. The summed E-state index contributed by atoms with van der Waals surface area (Å²) in [6.07, 6.45) is -1.23. The summed E-state index contributed by atoms with van der Waals surface area (Å²) < 4.78 is 28.6. The van der Waals surface area contributed by atoms with E-state index in [0.717, 1.165) is 0 Å². The third kappa shape index (κ3) is 6.97. The third-order valence-corrected chi connectivity index (χ3v) is 4.00. The number of rotatable bonds is 8. The number of imide groups is 1. The predicted octanol–water partition coefficient (Wildman–Crippen LogP) is 1.85. The molecule has 2 aromatic carbocycles. The van der Waals surface area contributed by atoms with Crippen LogP contribution in [0.3, 0.4) is 0 Å². The van der Waals surface area contributed by atoms with E-state index in [1.807, 2.05) is 5.32 Å². The number of anilines is 1. The molecule has 0 aliphatic heterocycles. The van der Waals surface area contributed by atoms with Crippen LogP contribution < -0.4 is 25.4 Å². The zero-order valence-corrected chi connectivity index (χ0v) is 17.6. The van der Waals surface area contributed by atoms with Crippen LogP contribution in [0.5, 0.6) is 11.5 Å². The Hall–Kier alpha value is -4.15. The largest absolute Gasteiger partial charge is 0.493 e.